The minimum Gasteiger partial charge on any atom is -0.493 e. The predicted octanol–water partition coefficient (Wildman–Crippen LogP) is 2.66. The molecule has 1 aliphatic rings. The summed E-state index contributed by atoms with van der Waals surface area (Å²) in [5.41, 5.74) is 1.24. The molecule has 3 heteroatoms. The van der Waals surface area contributed by atoms with E-state index in [9.17, 15) is 0 Å². The lowest BCUT2D eigenvalue weighted by atomic mass is 10.0. The maximum Gasteiger partial charge on any atom is 0.123 e. The van der Waals surface area contributed by atoms with E-state index in [0.717, 1.165) is 25.3 Å². The van der Waals surface area contributed by atoms with E-state index in [2.05, 4.69) is 35.5 Å². The zero-order valence-electron chi connectivity index (χ0n) is 12.2. The van der Waals surface area contributed by atoms with Gasteiger partial charge in [0, 0.05) is 18.2 Å². The Bertz CT molecular complexity index is 381. The quantitative estimate of drug-likeness (QED) is 0.853. The zero-order chi connectivity index (χ0) is 13.5. The van der Waals surface area contributed by atoms with Crippen molar-refractivity contribution in [2.75, 3.05) is 27.2 Å². The van der Waals surface area contributed by atoms with Crippen LogP contribution in [-0.2, 0) is 6.54 Å². The van der Waals surface area contributed by atoms with Gasteiger partial charge in [-0.1, -0.05) is 24.6 Å². The number of ether oxygens (including phenoxy) is 1. The second kappa shape index (κ2) is 7.51. The molecule has 0 saturated carbocycles. The van der Waals surface area contributed by atoms with Crippen molar-refractivity contribution in [1.29, 1.82) is 0 Å². The molecule has 1 aromatic carbocycles. The van der Waals surface area contributed by atoms with Crippen LogP contribution in [0.3, 0.4) is 0 Å². The summed E-state index contributed by atoms with van der Waals surface area (Å²) in [6.45, 7) is 2.91. The number of hydrogen-bond donors (Lipinski definition) is 1. The molecule has 2 rings (SSSR count). The topological polar surface area (TPSA) is 24.5 Å². The molecule has 106 valence electrons. The Morgan fingerprint density at radius 3 is 2.95 bits per heavy atom. The van der Waals surface area contributed by atoms with Gasteiger partial charge >= 0.3 is 0 Å². The first-order chi connectivity index (χ1) is 9.31. The lowest BCUT2D eigenvalue weighted by Gasteiger charge is -2.32. The Morgan fingerprint density at radius 1 is 1.32 bits per heavy atom. The summed E-state index contributed by atoms with van der Waals surface area (Å²) in [5.74, 6) is 1.02. The Morgan fingerprint density at radius 2 is 2.16 bits per heavy atom. The molecule has 0 radical (unpaired) electrons. The Hall–Kier alpha value is -1.06. The molecule has 1 unspecified atom stereocenters. The fraction of sp³-hybridized carbons (Fsp3) is 0.625. The van der Waals surface area contributed by atoms with Crippen LogP contribution in [0.15, 0.2) is 24.3 Å². The van der Waals surface area contributed by atoms with E-state index in [4.69, 9.17) is 4.74 Å². The average Bonchev–Trinajstić information content (AvgIpc) is 2.43. The molecule has 1 aliphatic heterocycles. The second-order valence-corrected chi connectivity index (χ2v) is 5.41. The van der Waals surface area contributed by atoms with Crippen LogP contribution in [-0.4, -0.2) is 38.2 Å². The number of likely N-dealkylation sites (tertiary alicyclic amines) is 1. The Balaban J connectivity index is 1.81. The van der Waals surface area contributed by atoms with Gasteiger partial charge in [0.2, 0.25) is 0 Å². The van der Waals surface area contributed by atoms with Crippen LogP contribution in [0.2, 0.25) is 0 Å². The van der Waals surface area contributed by atoms with Crippen molar-refractivity contribution in [3.8, 4) is 5.75 Å². The summed E-state index contributed by atoms with van der Waals surface area (Å²) in [6.07, 6.45) is 5.16. The van der Waals surface area contributed by atoms with Gasteiger partial charge in [-0.15, -0.1) is 0 Å². The Labute approximate surface area is 116 Å². The number of rotatable bonds is 6. The zero-order valence-corrected chi connectivity index (χ0v) is 12.2. The van der Waals surface area contributed by atoms with Crippen molar-refractivity contribution in [3.05, 3.63) is 29.8 Å². The molecule has 1 atom stereocenters. The third-order valence-corrected chi connectivity index (χ3v) is 3.97. The van der Waals surface area contributed by atoms with Crippen molar-refractivity contribution in [2.45, 2.75) is 38.3 Å². The molecule has 3 nitrogen and oxygen atoms in total. The van der Waals surface area contributed by atoms with Crippen molar-refractivity contribution < 1.29 is 4.74 Å². The molecule has 1 fully saturated rings. The fourth-order valence-corrected chi connectivity index (χ4v) is 2.79. The number of hydrogen-bond acceptors (Lipinski definition) is 3. The van der Waals surface area contributed by atoms with Gasteiger partial charge in [0.1, 0.15) is 5.75 Å². The van der Waals surface area contributed by atoms with E-state index in [1.54, 1.807) is 0 Å². The highest BCUT2D eigenvalue weighted by Crippen LogP contribution is 2.20. The van der Waals surface area contributed by atoms with Crippen molar-refractivity contribution in [2.24, 2.45) is 0 Å². The maximum atomic E-state index is 5.97. The van der Waals surface area contributed by atoms with Crippen molar-refractivity contribution >= 4 is 0 Å². The normalized spacial score (nSPS) is 20.4. The summed E-state index contributed by atoms with van der Waals surface area (Å²) >= 11 is 0. The minimum absolute atomic E-state index is 0.699. The monoisotopic (exact) mass is 262 g/mol. The second-order valence-electron chi connectivity index (χ2n) is 5.41. The number of piperidine rings is 1. The van der Waals surface area contributed by atoms with Crippen LogP contribution in [0.5, 0.6) is 5.75 Å². The third kappa shape index (κ3) is 4.22. The van der Waals surface area contributed by atoms with E-state index in [-0.39, 0.29) is 0 Å². The highest BCUT2D eigenvalue weighted by Gasteiger charge is 2.18. The number of para-hydroxylation sites is 1. The molecule has 0 aromatic heterocycles. The molecule has 19 heavy (non-hydrogen) atoms. The predicted molar refractivity (Wildman–Crippen MR) is 79.6 cm³/mol. The van der Waals surface area contributed by atoms with Gasteiger partial charge in [0.15, 0.2) is 0 Å². The fourth-order valence-electron chi connectivity index (χ4n) is 2.79. The molecular weight excluding hydrogens is 236 g/mol. The van der Waals surface area contributed by atoms with Crippen LogP contribution < -0.4 is 10.1 Å². The molecule has 0 spiro atoms. The summed E-state index contributed by atoms with van der Waals surface area (Å²) in [5, 5.41) is 3.18. The summed E-state index contributed by atoms with van der Waals surface area (Å²) < 4.78 is 5.97. The highest BCUT2D eigenvalue weighted by atomic mass is 16.5. The van der Waals surface area contributed by atoms with Crippen LogP contribution in [0, 0.1) is 0 Å². The first kappa shape index (κ1) is 14.4. The standard InChI is InChI=1S/C16H26N2O/c1-17-13-14-7-3-4-9-16(14)19-12-10-15-8-5-6-11-18(15)2/h3-4,7,9,15,17H,5-6,8,10-13H2,1-2H3. The lowest BCUT2D eigenvalue weighted by molar-refractivity contribution is 0.153. The number of nitrogens with zero attached hydrogens (tertiary/aromatic N) is 1. The first-order valence-corrected chi connectivity index (χ1v) is 7.37. The van der Waals surface area contributed by atoms with Gasteiger partial charge in [-0.05, 0) is 46.0 Å². The van der Waals surface area contributed by atoms with Gasteiger partial charge in [0.25, 0.3) is 0 Å². The lowest BCUT2D eigenvalue weighted by Crippen LogP contribution is -2.37. The average molecular weight is 262 g/mol. The van der Waals surface area contributed by atoms with Crippen LogP contribution in [0.1, 0.15) is 31.2 Å². The van der Waals surface area contributed by atoms with E-state index < -0.39 is 0 Å². The van der Waals surface area contributed by atoms with Crippen LogP contribution in [0.4, 0.5) is 0 Å². The van der Waals surface area contributed by atoms with Gasteiger partial charge < -0.3 is 15.0 Å². The van der Waals surface area contributed by atoms with E-state index in [1.807, 2.05) is 13.1 Å². The van der Waals surface area contributed by atoms with E-state index in [1.165, 1.54) is 31.4 Å². The highest BCUT2D eigenvalue weighted by molar-refractivity contribution is 5.33. The molecule has 1 aromatic rings. The van der Waals surface area contributed by atoms with Crippen LogP contribution in [0.25, 0.3) is 0 Å². The molecular formula is C16H26N2O. The first-order valence-electron chi connectivity index (χ1n) is 7.37. The maximum absolute atomic E-state index is 5.97. The van der Waals surface area contributed by atoms with Gasteiger partial charge in [-0.3, -0.25) is 0 Å². The van der Waals surface area contributed by atoms with Crippen LogP contribution >= 0.6 is 0 Å². The van der Waals surface area contributed by atoms with Gasteiger partial charge in [0.05, 0.1) is 6.61 Å². The molecule has 0 amide bonds. The summed E-state index contributed by atoms with van der Waals surface area (Å²) in [6, 6.07) is 9.00. The summed E-state index contributed by atoms with van der Waals surface area (Å²) in [7, 11) is 4.20. The molecule has 1 saturated heterocycles. The van der Waals surface area contributed by atoms with Crippen molar-refractivity contribution in [3.63, 3.8) is 0 Å². The number of nitrogens with one attached hydrogen (secondary N) is 1. The minimum atomic E-state index is 0.699. The van der Waals surface area contributed by atoms with Gasteiger partial charge in [-0.25, -0.2) is 0 Å². The molecule has 0 bridgehead atoms. The largest absolute Gasteiger partial charge is 0.493 e. The van der Waals surface area contributed by atoms with Crippen molar-refractivity contribution in [1.82, 2.24) is 10.2 Å². The molecule has 1 heterocycles. The third-order valence-electron chi connectivity index (χ3n) is 3.97. The van der Waals surface area contributed by atoms with Gasteiger partial charge in [-0.2, -0.15) is 0 Å². The SMILES string of the molecule is CNCc1ccccc1OCCC1CCCCN1C. The Kier molecular flexibility index (Phi) is 5.67. The van der Waals surface area contributed by atoms with E-state index >= 15 is 0 Å². The molecule has 1 N–H and O–H groups in total. The summed E-state index contributed by atoms with van der Waals surface area (Å²) in [4.78, 5) is 2.48. The number of benzene rings is 1. The molecule has 0 aliphatic carbocycles. The smallest absolute Gasteiger partial charge is 0.123 e. The van der Waals surface area contributed by atoms with E-state index in [0.29, 0.717) is 6.04 Å².